The largest absolute Gasteiger partial charge is 0.504 e. The Morgan fingerprint density at radius 3 is 1.56 bits per heavy atom. The lowest BCUT2D eigenvalue weighted by Crippen LogP contribution is -1.86. The fourth-order valence-corrected chi connectivity index (χ4v) is 3.69. The van der Waals surface area contributed by atoms with Crippen LogP contribution in [-0.2, 0) is 0 Å². The highest BCUT2D eigenvalue weighted by atomic mass is 16.4. The van der Waals surface area contributed by atoms with Crippen molar-refractivity contribution in [1.29, 1.82) is 0 Å². The molecule has 4 aromatic carbocycles. The number of hydrogen-bond donors (Lipinski definition) is 5. The second-order valence-electron chi connectivity index (χ2n) is 6.50. The zero-order valence-electron chi connectivity index (χ0n) is 14.0. The molecule has 1 aromatic heterocycles. The highest BCUT2D eigenvalue weighted by molar-refractivity contribution is 6.31. The van der Waals surface area contributed by atoms with Crippen LogP contribution in [0.1, 0.15) is 5.89 Å². The van der Waals surface area contributed by atoms with Gasteiger partial charge in [0, 0.05) is 12.3 Å². The first-order valence-corrected chi connectivity index (χ1v) is 8.11. The van der Waals surface area contributed by atoms with Crippen molar-refractivity contribution in [2.45, 2.75) is 6.92 Å². The SMILES string of the molecule is Cc1nc2c(o1)c(O)cc1c3cc(O)c(O)cc3c3cc(O)c(O)cc3c12. The summed E-state index contributed by atoms with van der Waals surface area (Å²) in [4.78, 5) is 4.37. The molecular weight excluding hydrogens is 350 g/mol. The van der Waals surface area contributed by atoms with E-state index in [1.54, 1.807) is 6.92 Å². The van der Waals surface area contributed by atoms with Crippen molar-refractivity contribution in [3.63, 3.8) is 0 Å². The maximum absolute atomic E-state index is 10.4. The van der Waals surface area contributed by atoms with Gasteiger partial charge in [-0.1, -0.05) is 0 Å². The Hall–Kier alpha value is -3.87. The molecule has 0 saturated carbocycles. The quantitative estimate of drug-likeness (QED) is 0.207. The summed E-state index contributed by atoms with van der Waals surface area (Å²) in [5.74, 6) is -1.03. The van der Waals surface area contributed by atoms with Crippen molar-refractivity contribution in [3.05, 3.63) is 36.2 Å². The molecular formula is C20H13NO6. The number of oxazole rings is 1. The highest BCUT2D eigenvalue weighted by Gasteiger charge is 2.20. The minimum Gasteiger partial charge on any atom is -0.504 e. The maximum atomic E-state index is 10.4. The smallest absolute Gasteiger partial charge is 0.197 e. The summed E-state index contributed by atoms with van der Waals surface area (Å²) in [5, 5.41) is 53.7. The minimum atomic E-state index is -0.321. The van der Waals surface area contributed by atoms with E-state index < -0.39 is 0 Å². The first kappa shape index (κ1) is 15.4. The number of benzene rings is 4. The molecule has 0 aliphatic heterocycles. The van der Waals surface area contributed by atoms with Gasteiger partial charge in [0.15, 0.2) is 40.2 Å². The van der Waals surface area contributed by atoms with Gasteiger partial charge in [0.2, 0.25) is 0 Å². The summed E-state index contributed by atoms with van der Waals surface area (Å²) in [6, 6.07) is 7.03. The zero-order valence-corrected chi connectivity index (χ0v) is 14.0. The van der Waals surface area contributed by atoms with Crippen molar-refractivity contribution >= 4 is 43.4 Å². The van der Waals surface area contributed by atoms with Gasteiger partial charge in [-0.25, -0.2) is 4.98 Å². The number of aromatic hydroxyl groups is 5. The van der Waals surface area contributed by atoms with Gasteiger partial charge >= 0.3 is 0 Å². The Bertz CT molecular complexity index is 1400. The molecule has 0 fully saturated rings. The van der Waals surface area contributed by atoms with Gasteiger partial charge in [-0.2, -0.15) is 0 Å². The third-order valence-electron chi connectivity index (χ3n) is 4.83. The van der Waals surface area contributed by atoms with Crippen LogP contribution in [0.15, 0.2) is 34.7 Å². The molecule has 7 heteroatoms. The van der Waals surface area contributed by atoms with E-state index in [4.69, 9.17) is 4.42 Å². The van der Waals surface area contributed by atoms with E-state index in [0.717, 1.165) is 0 Å². The van der Waals surface area contributed by atoms with Gasteiger partial charge in [0.05, 0.1) is 0 Å². The van der Waals surface area contributed by atoms with Gasteiger partial charge in [0.25, 0.3) is 0 Å². The van der Waals surface area contributed by atoms with E-state index in [1.807, 2.05) is 0 Å². The Morgan fingerprint density at radius 2 is 1.04 bits per heavy atom. The van der Waals surface area contributed by atoms with Crippen LogP contribution in [0.4, 0.5) is 0 Å². The summed E-state index contributed by atoms with van der Waals surface area (Å²) in [6.07, 6.45) is 0. The van der Waals surface area contributed by atoms with E-state index in [2.05, 4.69) is 4.98 Å². The Morgan fingerprint density at radius 1 is 0.630 bits per heavy atom. The zero-order chi connectivity index (χ0) is 19.0. The molecule has 0 aliphatic rings. The molecule has 0 radical (unpaired) electrons. The number of nitrogens with zero attached hydrogens (tertiary/aromatic N) is 1. The van der Waals surface area contributed by atoms with Crippen LogP contribution in [0.2, 0.25) is 0 Å². The number of phenols is 5. The topological polar surface area (TPSA) is 127 Å². The molecule has 0 spiro atoms. The molecule has 134 valence electrons. The third kappa shape index (κ3) is 1.93. The van der Waals surface area contributed by atoms with Crippen molar-refractivity contribution in [1.82, 2.24) is 4.98 Å². The molecule has 0 atom stereocenters. The number of hydrogen-bond acceptors (Lipinski definition) is 7. The average Bonchev–Trinajstić information content (AvgIpc) is 3.00. The molecule has 7 nitrogen and oxygen atoms in total. The van der Waals surface area contributed by atoms with Crippen molar-refractivity contribution in [3.8, 4) is 28.7 Å². The number of rotatable bonds is 0. The molecule has 27 heavy (non-hydrogen) atoms. The molecule has 5 N–H and O–H groups in total. The van der Waals surface area contributed by atoms with Crippen molar-refractivity contribution in [2.75, 3.05) is 0 Å². The monoisotopic (exact) mass is 363 g/mol. The molecule has 0 unspecified atom stereocenters. The molecule has 5 rings (SSSR count). The van der Waals surface area contributed by atoms with E-state index >= 15 is 0 Å². The third-order valence-corrected chi connectivity index (χ3v) is 4.83. The summed E-state index contributed by atoms with van der Waals surface area (Å²) in [7, 11) is 0. The summed E-state index contributed by atoms with van der Waals surface area (Å²) >= 11 is 0. The number of fused-ring (bicyclic) bond motifs is 8. The molecule has 0 aliphatic carbocycles. The Labute approximate surface area is 151 Å². The summed E-state index contributed by atoms with van der Waals surface area (Å²) < 4.78 is 5.50. The Kier molecular flexibility index (Phi) is 2.77. The first-order valence-electron chi connectivity index (χ1n) is 8.11. The van der Waals surface area contributed by atoms with Crippen LogP contribution in [0.25, 0.3) is 43.4 Å². The number of aromatic nitrogens is 1. The van der Waals surface area contributed by atoms with Gasteiger partial charge in [-0.15, -0.1) is 0 Å². The van der Waals surface area contributed by atoms with Gasteiger partial charge in [-0.3, -0.25) is 0 Å². The van der Waals surface area contributed by atoms with Crippen LogP contribution < -0.4 is 0 Å². The van der Waals surface area contributed by atoms with Crippen LogP contribution >= 0.6 is 0 Å². The average molecular weight is 363 g/mol. The molecule has 0 amide bonds. The minimum absolute atomic E-state index is 0.116. The highest BCUT2D eigenvalue weighted by Crippen LogP contribution is 2.46. The van der Waals surface area contributed by atoms with Crippen LogP contribution in [0, 0.1) is 6.92 Å². The fourth-order valence-electron chi connectivity index (χ4n) is 3.69. The van der Waals surface area contributed by atoms with E-state index in [9.17, 15) is 25.5 Å². The summed E-state index contributed by atoms with van der Waals surface area (Å²) in [6.45, 7) is 1.65. The molecule has 1 heterocycles. The lowest BCUT2D eigenvalue weighted by molar-refractivity contribution is 0.404. The second-order valence-corrected chi connectivity index (χ2v) is 6.50. The Balaban J connectivity index is 2.21. The lowest BCUT2D eigenvalue weighted by atomic mass is 9.92. The van der Waals surface area contributed by atoms with E-state index in [1.165, 1.54) is 30.3 Å². The van der Waals surface area contributed by atoms with Crippen molar-refractivity contribution in [2.24, 2.45) is 0 Å². The van der Waals surface area contributed by atoms with Crippen LogP contribution in [0.3, 0.4) is 0 Å². The number of phenolic OH excluding ortho intramolecular Hbond substituents is 5. The predicted molar refractivity (Wildman–Crippen MR) is 99.6 cm³/mol. The second kappa shape index (κ2) is 4.85. The molecule has 0 saturated heterocycles. The van der Waals surface area contributed by atoms with Crippen LogP contribution in [0.5, 0.6) is 28.7 Å². The fraction of sp³-hybridized carbons (Fsp3) is 0.0500. The predicted octanol–water partition coefficient (Wildman–Crippen LogP) is 4.12. The van der Waals surface area contributed by atoms with Crippen LogP contribution in [-0.4, -0.2) is 30.5 Å². The first-order chi connectivity index (χ1) is 12.8. The maximum Gasteiger partial charge on any atom is 0.197 e. The lowest BCUT2D eigenvalue weighted by Gasteiger charge is -2.13. The van der Waals surface area contributed by atoms with Gasteiger partial charge < -0.3 is 29.9 Å². The summed E-state index contributed by atoms with van der Waals surface area (Å²) in [5.41, 5.74) is 0.600. The van der Waals surface area contributed by atoms with E-state index in [-0.39, 0.29) is 34.3 Å². The molecule has 5 aromatic rings. The van der Waals surface area contributed by atoms with Crippen molar-refractivity contribution < 1.29 is 29.9 Å². The normalized spacial score (nSPS) is 11.9. The van der Waals surface area contributed by atoms with Gasteiger partial charge in [0.1, 0.15) is 5.52 Å². The van der Waals surface area contributed by atoms with E-state index in [0.29, 0.717) is 43.7 Å². The standard InChI is InChI=1S/C20H13NO6/c1-7-21-19-18-11-5-16(25)15(24)3-9(11)8-2-13(22)14(23)4-10(8)12(18)6-17(26)20(19)27-7/h2-6,22-26H,1H3. The van der Waals surface area contributed by atoms with Gasteiger partial charge in [-0.05, 0) is 57.3 Å². The number of aryl methyl sites for hydroxylation is 1. The molecule has 0 bridgehead atoms.